The highest BCUT2D eigenvalue weighted by atomic mass is 32.2. The first-order valence-corrected chi connectivity index (χ1v) is 4.14. The minimum atomic E-state index is -0.114. The van der Waals surface area contributed by atoms with Gasteiger partial charge in [-0.2, -0.15) is 11.8 Å². The second-order valence-electron chi connectivity index (χ2n) is 1.68. The Kier molecular flexibility index (Phi) is 6.32. The quantitative estimate of drug-likeness (QED) is 0.200. The van der Waals surface area contributed by atoms with Crippen LogP contribution in [-0.4, -0.2) is 17.4 Å². The smallest absolute Gasteiger partial charge is 0.234 e. The fourth-order valence-corrected chi connectivity index (χ4v) is 1.07. The molecule has 0 aliphatic rings. The molecular weight excluding hydrogens is 148 g/mol. The van der Waals surface area contributed by atoms with Crippen molar-refractivity contribution >= 4 is 17.7 Å². The van der Waals surface area contributed by atoms with E-state index in [1.807, 2.05) is 6.08 Å². The fraction of sp³-hybridized carbons (Fsp3) is 0.500. The maximum atomic E-state index is 10.5. The van der Waals surface area contributed by atoms with Crippen LogP contribution in [0.4, 0.5) is 0 Å². The van der Waals surface area contributed by atoms with Gasteiger partial charge < -0.3 is 0 Å². The van der Waals surface area contributed by atoms with Gasteiger partial charge in [-0.15, -0.1) is 6.58 Å². The van der Waals surface area contributed by atoms with Gasteiger partial charge in [0.1, 0.15) is 0 Å². The molecule has 3 nitrogen and oxygen atoms in total. The van der Waals surface area contributed by atoms with Gasteiger partial charge in [0.25, 0.3) is 0 Å². The number of hydrogen-bond acceptors (Lipinski definition) is 3. The second-order valence-corrected chi connectivity index (χ2v) is 2.83. The fourth-order valence-electron chi connectivity index (χ4n) is 0.404. The van der Waals surface area contributed by atoms with Crippen molar-refractivity contribution in [3.63, 3.8) is 0 Å². The Morgan fingerprint density at radius 2 is 2.50 bits per heavy atom. The van der Waals surface area contributed by atoms with Crippen molar-refractivity contribution < 1.29 is 4.79 Å². The highest BCUT2D eigenvalue weighted by Gasteiger charge is 1.95. The SMILES string of the molecule is C=CCSCCC(=O)NN. The molecule has 0 spiro atoms. The van der Waals surface area contributed by atoms with Crippen LogP contribution in [0.25, 0.3) is 0 Å². The minimum Gasteiger partial charge on any atom is -0.294 e. The zero-order chi connectivity index (χ0) is 7.82. The predicted molar refractivity (Wildman–Crippen MR) is 44.5 cm³/mol. The van der Waals surface area contributed by atoms with Crippen LogP contribution in [0, 0.1) is 0 Å². The maximum Gasteiger partial charge on any atom is 0.234 e. The van der Waals surface area contributed by atoms with Crippen molar-refractivity contribution in [1.82, 2.24) is 5.43 Å². The summed E-state index contributed by atoms with van der Waals surface area (Å²) in [6.07, 6.45) is 2.29. The van der Waals surface area contributed by atoms with Crippen LogP contribution in [-0.2, 0) is 4.79 Å². The van der Waals surface area contributed by atoms with Crippen LogP contribution in [0.2, 0.25) is 0 Å². The van der Waals surface area contributed by atoms with E-state index in [0.29, 0.717) is 6.42 Å². The van der Waals surface area contributed by atoms with Gasteiger partial charge in [-0.25, -0.2) is 5.84 Å². The van der Waals surface area contributed by atoms with Crippen molar-refractivity contribution in [3.8, 4) is 0 Å². The lowest BCUT2D eigenvalue weighted by Crippen LogP contribution is -2.30. The van der Waals surface area contributed by atoms with Gasteiger partial charge in [-0.3, -0.25) is 10.2 Å². The number of thioether (sulfide) groups is 1. The molecule has 10 heavy (non-hydrogen) atoms. The summed E-state index contributed by atoms with van der Waals surface area (Å²) in [6, 6.07) is 0. The van der Waals surface area contributed by atoms with Crippen molar-refractivity contribution in [3.05, 3.63) is 12.7 Å². The Morgan fingerprint density at radius 1 is 1.80 bits per heavy atom. The molecule has 0 heterocycles. The molecule has 0 aromatic rings. The van der Waals surface area contributed by atoms with E-state index in [2.05, 4.69) is 12.0 Å². The van der Waals surface area contributed by atoms with Gasteiger partial charge in [0.2, 0.25) is 5.91 Å². The van der Waals surface area contributed by atoms with Crippen LogP contribution >= 0.6 is 11.8 Å². The lowest BCUT2D eigenvalue weighted by Gasteiger charge is -1.96. The van der Waals surface area contributed by atoms with E-state index < -0.39 is 0 Å². The van der Waals surface area contributed by atoms with E-state index in [9.17, 15) is 4.79 Å². The highest BCUT2D eigenvalue weighted by Crippen LogP contribution is 2.00. The highest BCUT2D eigenvalue weighted by molar-refractivity contribution is 7.99. The first-order chi connectivity index (χ1) is 4.81. The van der Waals surface area contributed by atoms with Crippen molar-refractivity contribution in [2.75, 3.05) is 11.5 Å². The van der Waals surface area contributed by atoms with E-state index in [4.69, 9.17) is 5.84 Å². The first kappa shape index (κ1) is 9.52. The Bertz CT molecular complexity index is 116. The van der Waals surface area contributed by atoms with Crippen LogP contribution in [0.15, 0.2) is 12.7 Å². The maximum absolute atomic E-state index is 10.5. The number of nitrogens with two attached hydrogens (primary N) is 1. The number of nitrogens with one attached hydrogen (secondary N) is 1. The molecule has 0 bridgehead atoms. The average molecular weight is 160 g/mol. The molecule has 1 amide bonds. The van der Waals surface area contributed by atoms with Crippen LogP contribution < -0.4 is 11.3 Å². The van der Waals surface area contributed by atoms with Crippen molar-refractivity contribution in [2.24, 2.45) is 5.84 Å². The van der Waals surface area contributed by atoms with E-state index in [0.717, 1.165) is 11.5 Å². The number of hydrogen-bond donors (Lipinski definition) is 2. The average Bonchev–Trinajstić information content (AvgIpc) is 1.98. The minimum absolute atomic E-state index is 0.114. The first-order valence-electron chi connectivity index (χ1n) is 2.99. The van der Waals surface area contributed by atoms with Crippen molar-refractivity contribution in [1.29, 1.82) is 0 Å². The summed E-state index contributed by atoms with van der Waals surface area (Å²) >= 11 is 1.66. The third-order valence-corrected chi connectivity index (χ3v) is 1.83. The van der Waals surface area contributed by atoms with Gasteiger partial charge in [0.15, 0.2) is 0 Å². The summed E-state index contributed by atoms with van der Waals surface area (Å²) in [4.78, 5) is 10.5. The van der Waals surface area contributed by atoms with E-state index in [1.165, 1.54) is 0 Å². The molecule has 0 fully saturated rings. The summed E-state index contributed by atoms with van der Waals surface area (Å²) in [5.74, 6) is 6.43. The number of rotatable bonds is 5. The molecule has 0 atom stereocenters. The zero-order valence-electron chi connectivity index (χ0n) is 5.80. The molecule has 3 N–H and O–H groups in total. The monoisotopic (exact) mass is 160 g/mol. The van der Waals surface area contributed by atoms with Crippen LogP contribution in [0.1, 0.15) is 6.42 Å². The Morgan fingerprint density at radius 3 is 3.00 bits per heavy atom. The molecule has 0 radical (unpaired) electrons. The summed E-state index contributed by atoms with van der Waals surface area (Å²) in [5.41, 5.74) is 2.06. The number of amides is 1. The Balaban J connectivity index is 3.03. The number of carbonyl (C=O) groups is 1. The summed E-state index contributed by atoms with van der Waals surface area (Å²) in [5, 5.41) is 0. The molecule has 0 aromatic heterocycles. The molecule has 0 rings (SSSR count). The molecule has 0 unspecified atom stereocenters. The zero-order valence-corrected chi connectivity index (χ0v) is 6.62. The molecular formula is C6H12N2OS. The topological polar surface area (TPSA) is 55.1 Å². The van der Waals surface area contributed by atoms with Gasteiger partial charge in [-0.1, -0.05) is 6.08 Å². The van der Waals surface area contributed by atoms with E-state index in [1.54, 1.807) is 11.8 Å². The number of hydrazine groups is 1. The van der Waals surface area contributed by atoms with Gasteiger partial charge in [-0.05, 0) is 0 Å². The normalized spacial score (nSPS) is 8.90. The molecule has 0 saturated carbocycles. The Labute approximate surface area is 65.0 Å². The van der Waals surface area contributed by atoms with Gasteiger partial charge in [0, 0.05) is 17.9 Å². The largest absolute Gasteiger partial charge is 0.294 e. The number of carbonyl (C=O) groups excluding carboxylic acids is 1. The van der Waals surface area contributed by atoms with Gasteiger partial charge in [0.05, 0.1) is 0 Å². The molecule has 4 heteroatoms. The lowest BCUT2D eigenvalue weighted by molar-refractivity contribution is -0.120. The summed E-state index contributed by atoms with van der Waals surface area (Å²) in [6.45, 7) is 3.55. The molecule has 58 valence electrons. The van der Waals surface area contributed by atoms with E-state index >= 15 is 0 Å². The standard InChI is InChI=1S/C6H12N2OS/c1-2-4-10-5-3-6(9)8-7/h2H,1,3-5,7H2,(H,8,9). The third-order valence-electron chi connectivity index (χ3n) is 0.870. The molecule has 0 aliphatic heterocycles. The molecule has 0 saturated heterocycles. The molecule has 0 aliphatic carbocycles. The summed E-state index contributed by atoms with van der Waals surface area (Å²) < 4.78 is 0. The second kappa shape index (κ2) is 6.64. The third kappa shape index (κ3) is 5.65. The lowest BCUT2D eigenvalue weighted by atomic mass is 10.5. The van der Waals surface area contributed by atoms with E-state index in [-0.39, 0.29) is 5.91 Å². The summed E-state index contributed by atoms with van der Waals surface area (Å²) in [7, 11) is 0. The van der Waals surface area contributed by atoms with Crippen LogP contribution in [0.3, 0.4) is 0 Å². The van der Waals surface area contributed by atoms with Crippen molar-refractivity contribution in [2.45, 2.75) is 6.42 Å². The van der Waals surface area contributed by atoms with Gasteiger partial charge >= 0.3 is 0 Å². The van der Waals surface area contributed by atoms with Crippen LogP contribution in [0.5, 0.6) is 0 Å². The Hall–Kier alpha value is -0.480. The molecule has 0 aromatic carbocycles. The predicted octanol–water partition coefficient (Wildman–Crippen LogP) is 0.286.